The summed E-state index contributed by atoms with van der Waals surface area (Å²) in [5.41, 5.74) is 1.16. The van der Waals surface area contributed by atoms with Gasteiger partial charge in [0.1, 0.15) is 11.7 Å². The fourth-order valence-electron chi connectivity index (χ4n) is 2.50. The third-order valence-corrected chi connectivity index (χ3v) is 6.13. The van der Waals surface area contributed by atoms with E-state index in [0.717, 1.165) is 0 Å². The Labute approximate surface area is 155 Å². The normalized spacial score (nSPS) is 14.2. The molecule has 1 N–H and O–H groups in total. The van der Waals surface area contributed by atoms with E-state index < -0.39 is 21.9 Å². The van der Waals surface area contributed by atoms with Gasteiger partial charge in [-0.15, -0.1) is 0 Å². The second-order valence-corrected chi connectivity index (χ2v) is 8.28. The Morgan fingerprint density at radius 3 is 2.50 bits per heavy atom. The molecule has 0 atom stereocenters. The molecule has 0 aromatic heterocycles. The maximum atomic E-state index is 12.8. The van der Waals surface area contributed by atoms with Gasteiger partial charge in [-0.1, -0.05) is 59.4 Å². The van der Waals surface area contributed by atoms with Gasteiger partial charge in [-0.3, -0.25) is 0 Å². The highest BCUT2D eigenvalue weighted by atomic mass is 32.2. The molecule has 9 heteroatoms. The topological polar surface area (TPSA) is 96.3 Å². The van der Waals surface area contributed by atoms with Gasteiger partial charge in [0.25, 0.3) is 0 Å². The highest BCUT2D eigenvalue weighted by molar-refractivity contribution is 8.14. The Morgan fingerprint density at radius 2 is 1.85 bits per heavy atom. The van der Waals surface area contributed by atoms with Crippen LogP contribution in [0.15, 0.2) is 59.8 Å². The molecule has 0 saturated heterocycles. The van der Waals surface area contributed by atoms with Gasteiger partial charge in [-0.2, -0.15) is 4.31 Å². The van der Waals surface area contributed by atoms with Crippen LogP contribution in [0.25, 0.3) is 0 Å². The molecule has 0 aliphatic carbocycles. The van der Waals surface area contributed by atoms with Gasteiger partial charge in [-0.05, 0) is 17.7 Å². The fourth-order valence-corrected chi connectivity index (χ4v) is 4.77. The van der Waals surface area contributed by atoms with Gasteiger partial charge in [0.15, 0.2) is 0 Å². The summed E-state index contributed by atoms with van der Waals surface area (Å²) in [6.07, 6.45) is -1.55. The molecule has 0 spiro atoms. The second-order valence-electron chi connectivity index (χ2n) is 5.37. The molecular weight excluding hydrogens is 376 g/mol. The van der Waals surface area contributed by atoms with E-state index in [1.54, 1.807) is 42.5 Å². The number of sulfonamides is 1. The lowest BCUT2D eigenvalue weighted by atomic mass is 10.1. The third-order valence-electron chi connectivity index (χ3n) is 3.59. The standard InChI is InChI=1S/C17H16N2O5S2/c20-17(21)19(14-7-2-1-3-8-14)26(22,23)12-13-6-4-5-9-15(13)16-18-24-10-11-25-16/h1-9H,10-12H2,(H,20,21). The molecule has 26 heavy (non-hydrogen) atoms. The zero-order valence-corrected chi connectivity index (χ0v) is 15.2. The van der Waals surface area contributed by atoms with Crippen molar-refractivity contribution in [3.05, 3.63) is 65.7 Å². The smallest absolute Gasteiger partial charge is 0.425 e. The summed E-state index contributed by atoms with van der Waals surface area (Å²) in [4.78, 5) is 16.7. The minimum absolute atomic E-state index is 0.0743. The van der Waals surface area contributed by atoms with Gasteiger partial charge in [-0.25, -0.2) is 13.2 Å². The van der Waals surface area contributed by atoms with Crippen LogP contribution in [0.1, 0.15) is 11.1 Å². The van der Waals surface area contributed by atoms with Gasteiger partial charge >= 0.3 is 6.09 Å². The SMILES string of the molecule is O=C(O)N(c1ccccc1)S(=O)(=O)Cc1ccccc1C1=NOCCS1. The quantitative estimate of drug-likeness (QED) is 0.840. The highest BCUT2D eigenvalue weighted by Gasteiger charge is 2.30. The van der Waals surface area contributed by atoms with Crippen molar-refractivity contribution in [2.24, 2.45) is 5.16 Å². The number of thioether (sulfide) groups is 1. The van der Waals surface area contributed by atoms with Crippen LogP contribution in [0.3, 0.4) is 0 Å². The first-order valence-corrected chi connectivity index (χ1v) is 10.3. The summed E-state index contributed by atoms with van der Waals surface area (Å²) in [5, 5.41) is 14.0. The van der Waals surface area contributed by atoms with E-state index in [0.29, 0.717) is 32.8 Å². The molecule has 1 aliphatic rings. The van der Waals surface area contributed by atoms with Crippen LogP contribution < -0.4 is 4.31 Å². The van der Waals surface area contributed by atoms with Gasteiger partial charge < -0.3 is 9.94 Å². The predicted molar refractivity (Wildman–Crippen MR) is 101 cm³/mol. The zero-order valence-electron chi connectivity index (χ0n) is 13.6. The first-order valence-electron chi connectivity index (χ1n) is 7.71. The number of anilines is 1. The number of oxime groups is 1. The van der Waals surface area contributed by atoms with E-state index in [9.17, 15) is 18.3 Å². The van der Waals surface area contributed by atoms with Crippen molar-refractivity contribution >= 4 is 38.6 Å². The lowest BCUT2D eigenvalue weighted by molar-refractivity contribution is 0.160. The van der Waals surface area contributed by atoms with Crippen LogP contribution in [-0.2, 0) is 20.6 Å². The van der Waals surface area contributed by atoms with Crippen LogP contribution >= 0.6 is 11.8 Å². The molecular formula is C17H16N2O5S2. The summed E-state index contributed by atoms with van der Waals surface area (Å²) in [6.45, 7) is 0.495. The molecule has 0 fully saturated rings. The zero-order chi connectivity index (χ0) is 18.6. The van der Waals surface area contributed by atoms with E-state index in [-0.39, 0.29) is 5.69 Å². The Morgan fingerprint density at radius 1 is 1.15 bits per heavy atom. The maximum absolute atomic E-state index is 12.8. The number of carboxylic acid groups (broad SMARTS) is 1. The van der Waals surface area contributed by atoms with Gasteiger partial charge in [0.05, 0.1) is 11.4 Å². The lowest BCUT2D eigenvalue weighted by Crippen LogP contribution is -2.36. The molecule has 1 aliphatic heterocycles. The van der Waals surface area contributed by atoms with Crippen LogP contribution in [0.4, 0.5) is 10.5 Å². The van der Waals surface area contributed by atoms with Crippen LogP contribution in [-0.4, -0.2) is 37.0 Å². The monoisotopic (exact) mass is 392 g/mol. The molecule has 0 saturated carbocycles. The van der Waals surface area contributed by atoms with Crippen LogP contribution in [0.5, 0.6) is 0 Å². The Balaban J connectivity index is 1.97. The molecule has 3 rings (SSSR count). The molecule has 7 nitrogen and oxygen atoms in total. The van der Waals surface area contributed by atoms with Crippen molar-refractivity contribution in [1.29, 1.82) is 0 Å². The molecule has 0 bridgehead atoms. The molecule has 2 aromatic carbocycles. The van der Waals surface area contributed by atoms with Gasteiger partial charge in [0.2, 0.25) is 10.0 Å². The van der Waals surface area contributed by atoms with E-state index in [2.05, 4.69) is 5.16 Å². The number of para-hydroxylation sites is 1. The van der Waals surface area contributed by atoms with Crippen LogP contribution in [0.2, 0.25) is 0 Å². The van der Waals surface area contributed by atoms with E-state index in [1.807, 2.05) is 0 Å². The average Bonchev–Trinajstić information content (AvgIpc) is 2.63. The largest absolute Gasteiger partial charge is 0.464 e. The number of rotatable bonds is 5. The Kier molecular flexibility index (Phi) is 5.48. The summed E-state index contributed by atoms with van der Waals surface area (Å²) >= 11 is 1.47. The predicted octanol–water partition coefficient (Wildman–Crippen LogP) is 3.13. The maximum Gasteiger partial charge on any atom is 0.425 e. The third kappa shape index (κ3) is 4.00. The number of hydrogen-bond acceptors (Lipinski definition) is 6. The molecule has 0 radical (unpaired) electrons. The van der Waals surface area contributed by atoms with E-state index in [4.69, 9.17) is 4.84 Å². The molecule has 1 heterocycles. The van der Waals surface area contributed by atoms with Crippen molar-refractivity contribution in [3.8, 4) is 0 Å². The van der Waals surface area contributed by atoms with E-state index in [1.165, 1.54) is 23.9 Å². The number of hydrogen-bond donors (Lipinski definition) is 1. The summed E-state index contributed by atoms with van der Waals surface area (Å²) < 4.78 is 26.1. The molecule has 2 aromatic rings. The first-order chi connectivity index (χ1) is 12.5. The van der Waals surface area contributed by atoms with Crippen molar-refractivity contribution in [1.82, 2.24) is 0 Å². The van der Waals surface area contributed by atoms with Crippen molar-refractivity contribution in [2.45, 2.75) is 5.75 Å². The highest BCUT2D eigenvalue weighted by Crippen LogP contribution is 2.25. The molecule has 1 amide bonds. The van der Waals surface area contributed by atoms with Gasteiger partial charge in [0, 0.05) is 11.3 Å². The lowest BCUT2D eigenvalue weighted by Gasteiger charge is -2.20. The average molecular weight is 392 g/mol. The first kappa shape index (κ1) is 18.3. The number of amides is 1. The summed E-state index contributed by atoms with van der Waals surface area (Å²) in [7, 11) is -4.16. The summed E-state index contributed by atoms with van der Waals surface area (Å²) in [6, 6.07) is 14.6. The van der Waals surface area contributed by atoms with E-state index >= 15 is 0 Å². The van der Waals surface area contributed by atoms with Crippen molar-refractivity contribution < 1.29 is 23.2 Å². The summed E-state index contributed by atoms with van der Waals surface area (Å²) in [5.74, 6) is 0.245. The number of nitrogens with zero attached hydrogens (tertiary/aromatic N) is 2. The van der Waals surface area contributed by atoms with Crippen molar-refractivity contribution in [3.63, 3.8) is 0 Å². The minimum atomic E-state index is -4.16. The number of benzene rings is 2. The second kappa shape index (κ2) is 7.79. The Bertz CT molecular complexity index is 929. The Hall–Kier alpha value is -2.52. The molecule has 136 valence electrons. The number of carbonyl (C=O) groups is 1. The minimum Gasteiger partial charge on any atom is -0.464 e. The fraction of sp³-hybridized carbons (Fsp3) is 0.176. The van der Waals surface area contributed by atoms with Crippen molar-refractivity contribution in [2.75, 3.05) is 16.7 Å². The van der Waals surface area contributed by atoms with Crippen LogP contribution in [0, 0.1) is 0 Å². The molecule has 0 unspecified atom stereocenters.